The van der Waals surface area contributed by atoms with Crippen LogP contribution in [0.25, 0.3) is 0 Å². The van der Waals surface area contributed by atoms with Gasteiger partial charge in [0, 0.05) is 42.7 Å². The van der Waals surface area contributed by atoms with Crippen molar-refractivity contribution in [3.8, 4) is 0 Å². The number of nitrogens with zero attached hydrogens (tertiary/aromatic N) is 2. The minimum atomic E-state index is -0.480. The van der Waals surface area contributed by atoms with E-state index in [2.05, 4.69) is 5.32 Å². The monoisotopic (exact) mass is 431 g/mol. The maximum atomic E-state index is 13.4. The predicted molar refractivity (Wildman–Crippen MR) is 115 cm³/mol. The SMILES string of the molecule is O=C(NCCC(=O)N1CCCC1)[C@@H]1C[C@H]2CCCC[C@@H]2N1C(=O)c1cccc(Cl)c1. The van der Waals surface area contributed by atoms with Crippen LogP contribution in [0.4, 0.5) is 0 Å². The molecule has 1 saturated carbocycles. The standard InChI is InChI=1S/C23H30ClN3O3/c24-18-8-5-7-17(14-18)23(30)27-19-9-2-1-6-16(19)15-20(27)22(29)25-11-10-21(28)26-12-3-4-13-26/h5,7-8,14,16,19-20H,1-4,6,9-13,15H2,(H,25,29)/t16-,19+,20+/m1/s1. The van der Waals surface area contributed by atoms with Gasteiger partial charge in [0.15, 0.2) is 0 Å². The summed E-state index contributed by atoms with van der Waals surface area (Å²) in [6.07, 6.45) is 7.36. The highest BCUT2D eigenvalue weighted by Crippen LogP contribution is 2.40. The van der Waals surface area contributed by atoms with Crippen molar-refractivity contribution in [3.05, 3.63) is 34.9 Å². The van der Waals surface area contributed by atoms with Crippen LogP contribution in [0.3, 0.4) is 0 Å². The lowest BCUT2D eigenvalue weighted by Gasteiger charge is -2.33. The molecule has 3 amide bonds. The number of carbonyl (C=O) groups is 3. The Bertz CT molecular complexity index is 809. The number of carbonyl (C=O) groups excluding carboxylic acids is 3. The van der Waals surface area contributed by atoms with E-state index in [1.807, 2.05) is 4.90 Å². The van der Waals surface area contributed by atoms with Gasteiger partial charge in [-0.1, -0.05) is 30.5 Å². The van der Waals surface area contributed by atoms with E-state index in [9.17, 15) is 14.4 Å². The normalized spacial score (nSPS) is 25.8. The molecule has 0 bridgehead atoms. The lowest BCUT2D eigenvalue weighted by Crippen LogP contribution is -2.50. The van der Waals surface area contributed by atoms with Gasteiger partial charge in [-0.05, 0) is 56.2 Å². The minimum Gasteiger partial charge on any atom is -0.354 e. The number of likely N-dealkylation sites (tertiary alicyclic amines) is 2. The van der Waals surface area contributed by atoms with Crippen LogP contribution in [0.2, 0.25) is 5.02 Å². The van der Waals surface area contributed by atoms with Crippen LogP contribution in [-0.4, -0.2) is 59.2 Å². The van der Waals surface area contributed by atoms with Gasteiger partial charge in [0.05, 0.1) is 0 Å². The molecule has 162 valence electrons. The maximum absolute atomic E-state index is 13.4. The molecule has 1 aromatic rings. The number of hydrogen-bond donors (Lipinski definition) is 1. The zero-order valence-electron chi connectivity index (χ0n) is 17.3. The molecule has 2 saturated heterocycles. The Hall–Kier alpha value is -2.08. The topological polar surface area (TPSA) is 69.7 Å². The largest absolute Gasteiger partial charge is 0.354 e. The molecule has 1 N–H and O–H groups in total. The zero-order chi connectivity index (χ0) is 21.1. The van der Waals surface area contributed by atoms with E-state index >= 15 is 0 Å². The number of fused-ring (bicyclic) bond motifs is 1. The summed E-state index contributed by atoms with van der Waals surface area (Å²) >= 11 is 6.10. The van der Waals surface area contributed by atoms with Gasteiger partial charge in [-0.2, -0.15) is 0 Å². The van der Waals surface area contributed by atoms with E-state index in [1.54, 1.807) is 29.2 Å². The number of amides is 3. The average Bonchev–Trinajstić information content (AvgIpc) is 3.41. The minimum absolute atomic E-state index is 0.0970. The van der Waals surface area contributed by atoms with E-state index in [-0.39, 0.29) is 23.8 Å². The van der Waals surface area contributed by atoms with Crippen molar-refractivity contribution < 1.29 is 14.4 Å². The first-order chi connectivity index (χ1) is 14.5. The molecule has 0 aromatic heterocycles. The number of halogens is 1. The number of rotatable bonds is 5. The summed E-state index contributed by atoms with van der Waals surface area (Å²) in [7, 11) is 0. The zero-order valence-corrected chi connectivity index (χ0v) is 18.1. The number of benzene rings is 1. The van der Waals surface area contributed by atoms with Gasteiger partial charge in [-0.15, -0.1) is 0 Å². The second kappa shape index (κ2) is 9.38. The summed E-state index contributed by atoms with van der Waals surface area (Å²) < 4.78 is 0. The molecular weight excluding hydrogens is 402 g/mol. The first-order valence-corrected chi connectivity index (χ1v) is 11.6. The van der Waals surface area contributed by atoms with Crippen molar-refractivity contribution in [2.75, 3.05) is 19.6 Å². The first kappa shape index (κ1) is 21.2. The lowest BCUT2D eigenvalue weighted by molar-refractivity contribution is -0.130. The summed E-state index contributed by atoms with van der Waals surface area (Å²) in [6.45, 7) is 1.96. The van der Waals surface area contributed by atoms with E-state index in [0.29, 0.717) is 35.9 Å². The Labute approximate surface area is 182 Å². The summed E-state index contributed by atoms with van der Waals surface area (Å²) in [4.78, 5) is 42.3. The van der Waals surface area contributed by atoms with Crippen LogP contribution in [-0.2, 0) is 9.59 Å². The van der Waals surface area contributed by atoms with Gasteiger partial charge in [0.25, 0.3) is 5.91 Å². The molecule has 6 nitrogen and oxygen atoms in total. The summed E-state index contributed by atoms with van der Waals surface area (Å²) in [6, 6.07) is 6.56. The highest BCUT2D eigenvalue weighted by atomic mass is 35.5. The van der Waals surface area contributed by atoms with Crippen LogP contribution in [0.5, 0.6) is 0 Å². The third-order valence-corrected chi connectivity index (χ3v) is 7.03. The molecule has 3 fully saturated rings. The van der Waals surface area contributed by atoms with E-state index in [4.69, 9.17) is 11.6 Å². The Morgan fingerprint density at radius 1 is 1.07 bits per heavy atom. The third kappa shape index (κ3) is 4.48. The van der Waals surface area contributed by atoms with Crippen molar-refractivity contribution in [3.63, 3.8) is 0 Å². The third-order valence-electron chi connectivity index (χ3n) is 6.79. The average molecular weight is 432 g/mol. The van der Waals surface area contributed by atoms with Crippen molar-refractivity contribution in [2.24, 2.45) is 5.92 Å². The fourth-order valence-corrected chi connectivity index (χ4v) is 5.48. The second-order valence-corrected chi connectivity index (χ2v) is 9.15. The van der Waals surface area contributed by atoms with Gasteiger partial charge in [0.2, 0.25) is 11.8 Å². The van der Waals surface area contributed by atoms with Gasteiger partial charge >= 0.3 is 0 Å². The van der Waals surface area contributed by atoms with Crippen molar-refractivity contribution in [2.45, 2.75) is 63.5 Å². The Kier molecular flexibility index (Phi) is 6.61. The summed E-state index contributed by atoms with van der Waals surface area (Å²) in [5.41, 5.74) is 0.524. The molecule has 3 aliphatic rings. The van der Waals surface area contributed by atoms with E-state index in [0.717, 1.165) is 51.6 Å². The molecule has 7 heteroatoms. The quantitative estimate of drug-likeness (QED) is 0.778. The molecule has 1 aliphatic carbocycles. The van der Waals surface area contributed by atoms with Gasteiger partial charge < -0.3 is 15.1 Å². The fourth-order valence-electron chi connectivity index (χ4n) is 5.29. The Morgan fingerprint density at radius 3 is 2.60 bits per heavy atom. The first-order valence-electron chi connectivity index (χ1n) is 11.2. The van der Waals surface area contributed by atoms with Crippen LogP contribution >= 0.6 is 11.6 Å². The summed E-state index contributed by atoms with van der Waals surface area (Å²) in [5.74, 6) is 0.192. The molecule has 2 heterocycles. The molecule has 3 atom stereocenters. The Morgan fingerprint density at radius 2 is 1.83 bits per heavy atom. The molecular formula is C23H30ClN3O3. The highest BCUT2D eigenvalue weighted by Gasteiger charge is 2.47. The predicted octanol–water partition coefficient (Wildman–Crippen LogP) is 3.24. The van der Waals surface area contributed by atoms with Crippen LogP contribution < -0.4 is 5.32 Å². The van der Waals surface area contributed by atoms with Gasteiger partial charge in [-0.25, -0.2) is 0 Å². The molecule has 30 heavy (non-hydrogen) atoms. The molecule has 0 radical (unpaired) electrons. The number of hydrogen-bond acceptors (Lipinski definition) is 3. The molecule has 0 spiro atoms. The van der Waals surface area contributed by atoms with Crippen molar-refractivity contribution in [1.82, 2.24) is 15.1 Å². The van der Waals surface area contributed by atoms with Gasteiger partial charge in [-0.3, -0.25) is 14.4 Å². The molecule has 1 aromatic carbocycles. The van der Waals surface area contributed by atoms with Crippen molar-refractivity contribution >= 4 is 29.3 Å². The van der Waals surface area contributed by atoms with Gasteiger partial charge in [0.1, 0.15) is 6.04 Å². The van der Waals surface area contributed by atoms with Crippen LogP contribution in [0.1, 0.15) is 61.7 Å². The van der Waals surface area contributed by atoms with E-state index < -0.39 is 6.04 Å². The fraction of sp³-hybridized carbons (Fsp3) is 0.609. The number of nitrogens with one attached hydrogen (secondary N) is 1. The molecule has 0 unspecified atom stereocenters. The van der Waals surface area contributed by atoms with Crippen LogP contribution in [0.15, 0.2) is 24.3 Å². The maximum Gasteiger partial charge on any atom is 0.254 e. The summed E-state index contributed by atoms with van der Waals surface area (Å²) in [5, 5.41) is 3.45. The van der Waals surface area contributed by atoms with Crippen molar-refractivity contribution in [1.29, 1.82) is 0 Å². The van der Waals surface area contributed by atoms with Crippen LogP contribution in [0, 0.1) is 5.92 Å². The molecule has 4 rings (SSSR count). The molecule has 2 aliphatic heterocycles. The van der Waals surface area contributed by atoms with E-state index in [1.165, 1.54) is 0 Å². The lowest BCUT2D eigenvalue weighted by atomic mass is 9.84. The second-order valence-electron chi connectivity index (χ2n) is 8.72. The Balaban J connectivity index is 1.43. The smallest absolute Gasteiger partial charge is 0.254 e. The highest BCUT2D eigenvalue weighted by molar-refractivity contribution is 6.31.